The van der Waals surface area contributed by atoms with Crippen molar-refractivity contribution in [1.29, 1.82) is 0 Å². The van der Waals surface area contributed by atoms with Crippen LogP contribution in [-0.2, 0) is 21.2 Å². The first-order valence-electron chi connectivity index (χ1n) is 9.94. The Kier molecular flexibility index (Phi) is 7.68. The number of carboxylic acid groups (broad SMARTS) is 1. The zero-order valence-corrected chi connectivity index (χ0v) is 23.0. The molecule has 0 unspecified atom stereocenters. The molecular weight excluding hydrogens is 671 g/mol. The molecule has 1 atom stereocenters. The molecule has 0 saturated heterocycles. The smallest absolute Gasteiger partial charge is 0.326 e. The van der Waals surface area contributed by atoms with Gasteiger partial charge in [0.15, 0.2) is 5.03 Å². The second-order valence-electron chi connectivity index (χ2n) is 7.35. The first kappa shape index (κ1) is 25.5. The first-order chi connectivity index (χ1) is 16.6. The van der Waals surface area contributed by atoms with Crippen molar-refractivity contribution in [3.63, 3.8) is 0 Å². The molecule has 13 heteroatoms. The predicted octanol–water partition coefficient (Wildman–Crippen LogP) is 4.28. The average Bonchev–Trinajstić information content (AvgIpc) is 3.27. The molecule has 0 saturated carbocycles. The third-order valence-corrected chi connectivity index (χ3v) is 8.15. The SMILES string of the molecule is O=C(N[C@@H](Cc1cccc(Br)c1)C(=O)O)c1ccc(I)cc1NS(=O)(=O)c1nccc2sncc12. The Labute approximate surface area is 226 Å². The number of hydrogen-bond donors (Lipinski definition) is 3. The van der Waals surface area contributed by atoms with Crippen LogP contribution in [0.4, 0.5) is 5.69 Å². The highest BCUT2D eigenvalue weighted by molar-refractivity contribution is 14.1. The minimum Gasteiger partial charge on any atom is -0.480 e. The molecule has 0 radical (unpaired) electrons. The molecule has 2 aromatic heterocycles. The summed E-state index contributed by atoms with van der Waals surface area (Å²) in [6.07, 6.45) is 2.84. The van der Waals surface area contributed by atoms with Gasteiger partial charge in [-0.1, -0.05) is 28.1 Å². The Bertz CT molecular complexity index is 1540. The fourth-order valence-corrected chi connectivity index (χ4v) is 6.16. The van der Waals surface area contributed by atoms with Gasteiger partial charge in [-0.05, 0) is 76.1 Å². The number of anilines is 1. The maximum absolute atomic E-state index is 13.2. The topological polar surface area (TPSA) is 138 Å². The van der Waals surface area contributed by atoms with Crippen LogP contribution in [-0.4, -0.2) is 40.8 Å². The van der Waals surface area contributed by atoms with Gasteiger partial charge in [0, 0.05) is 20.7 Å². The van der Waals surface area contributed by atoms with Gasteiger partial charge in [0.25, 0.3) is 15.9 Å². The Balaban J connectivity index is 1.63. The standard InChI is InChI=1S/C22H16BrIN4O5S2/c23-13-3-1-2-12(8-13)9-18(22(30)31)27-20(29)15-5-4-14(24)10-17(15)28-35(32,33)21-16-11-26-34-19(16)6-7-25-21/h1-8,10-11,18,28H,9H2,(H,27,29)(H,30,31)/t18-/m0/s1. The van der Waals surface area contributed by atoms with Crippen LogP contribution in [0.2, 0.25) is 0 Å². The van der Waals surface area contributed by atoms with E-state index in [0.717, 1.165) is 16.0 Å². The van der Waals surface area contributed by atoms with Crippen molar-refractivity contribution in [1.82, 2.24) is 14.7 Å². The Morgan fingerprint density at radius 2 is 1.97 bits per heavy atom. The molecule has 0 fully saturated rings. The number of carboxylic acids is 1. The lowest BCUT2D eigenvalue weighted by Gasteiger charge is -2.17. The van der Waals surface area contributed by atoms with Gasteiger partial charge in [-0.15, -0.1) is 0 Å². The molecular formula is C22H16BrIN4O5S2. The second-order valence-corrected chi connectivity index (χ2v) is 11.9. The van der Waals surface area contributed by atoms with E-state index in [-0.39, 0.29) is 22.7 Å². The lowest BCUT2D eigenvalue weighted by molar-refractivity contribution is -0.139. The maximum Gasteiger partial charge on any atom is 0.326 e. The van der Waals surface area contributed by atoms with Crippen LogP contribution in [0.5, 0.6) is 0 Å². The van der Waals surface area contributed by atoms with Gasteiger partial charge in [-0.25, -0.2) is 9.78 Å². The highest BCUT2D eigenvalue weighted by Crippen LogP contribution is 2.27. The third-order valence-electron chi connectivity index (χ3n) is 4.90. The van der Waals surface area contributed by atoms with E-state index in [2.05, 4.69) is 35.3 Å². The van der Waals surface area contributed by atoms with Crippen LogP contribution in [0.1, 0.15) is 15.9 Å². The number of hydrogen-bond acceptors (Lipinski definition) is 7. The normalized spacial score (nSPS) is 12.3. The first-order valence-corrected chi connectivity index (χ1v) is 14.1. The maximum atomic E-state index is 13.2. The highest BCUT2D eigenvalue weighted by atomic mass is 127. The third kappa shape index (κ3) is 5.97. The number of carbonyl (C=O) groups is 2. The number of nitrogens with one attached hydrogen (secondary N) is 2. The molecule has 3 N–H and O–H groups in total. The van der Waals surface area contributed by atoms with Crippen molar-refractivity contribution in [2.24, 2.45) is 0 Å². The molecule has 2 heterocycles. The van der Waals surface area contributed by atoms with Crippen LogP contribution < -0.4 is 10.0 Å². The molecule has 0 aliphatic heterocycles. The van der Waals surface area contributed by atoms with Crippen LogP contribution in [0.25, 0.3) is 10.1 Å². The summed E-state index contributed by atoms with van der Waals surface area (Å²) in [5.74, 6) is -1.95. The van der Waals surface area contributed by atoms with Crippen molar-refractivity contribution >= 4 is 87.7 Å². The summed E-state index contributed by atoms with van der Waals surface area (Å²) in [5.41, 5.74) is 0.687. The molecule has 4 rings (SSSR count). The number of pyridine rings is 1. The quantitative estimate of drug-likeness (QED) is 0.235. The average molecular weight is 687 g/mol. The van der Waals surface area contributed by atoms with Crippen LogP contribution in [0.15, 0.2) is 70.4 Å². The number of carbonyl (C=O) groups excluding carboxylic acids is 1. The van der Waals surface area contributed by atoms with Crippen molar-refractivity contribution in [3.8, 4) is 0 Å². The molecule has 0 aliphatic carbocycles. The summed E-state index contributed by atoms with van der Waals surface area (Å²) in [5, 5.41) is 12.3. The number of nitrogens with zero attached hydrogens (tertiary/aromatic N) is 2. The molecule has 180 valence electrons. The summed E-state index contributed by atoms with van der Waals surface area (Å²) in [6.45, 7) is 0. The number of aliphatic carboxylic acids is 1. The molecule has 0 aliphatic rings. The number of halogens is 2. The number of benzene rings is 2. The monoisotopic (exact) mass is 686 g/mol. The van der Waals surface area contributed by atoms with Gasteiger partial charge >= 0.3 is 5.97 Å². The predicted molar refractivity (Wildman–Crippen MR) is 144 cm³/mol. The van der Waals surface area contributed by atoms with Gasteiger partial charge in [0.2, 0.25) is 0 Å². The van der Waals surface area contributed by atoms with E-state index in [1.807, 2.05) is 28.7 Å². The number of amides is 1. The Morgan fingerprint density at radius 3 is 2.71 bits per heavy atom. The summed E-state index contributed by atoms with van der Waals surface area (Å²) >= 11 is 6.47. The number of rotatable bonds is 8. The summed E-state index contributed by atoms with van der Waals surface area (Å²) in [6, 6.07) is 12.1. The molecule has 0 bridgehead atoms. The molecule has 2 aromatic carbocycles. The van der Waals surface area contributed by atoms with Crippen LogP contribution in [0, 0.1) is 3.57 Å². The molecule has 0 spiro atoms. The number of sulfonamides is 1. The zero-order valence-electron chi connectivity index (χ0n) is 17.6. The second kappa shape index (κ2) is 10.6. The molecule has 9 nitrogen and oxygen atoms in total. The van der Waals surface area contributed by atoms with E-state index in [4.69, 9.17) is 0 Å². The largest absolute Gasteiger partial charge is 0.480 e. The lowest BCUT2D eigenvalue weighted by atomic mass is 10.1. The van der Waals surface area contributed by atoms with E-state index < -0.39 is 27.9 Å². The van der Waals surface area contributed by atoms with E-state index in [1.54, 1.807) is 30.3 Å². The van der Waals surface area contributed by atoms with Crippen molar-refractivity contribution in [2.45, 2.75) is 17.5 Å². The summed E-state index contributed by atoms with van der Waals surface area (Å²) < 4.78 is 34.9. The van der Waals surface area contributed by atoms with Crippen LogP contribution in [0.3, 0.4) is 0 Å². The van der Waals surface area contributed by atoms with Crippen molar-refractivity contribution < 1.29 is 23.1 Å². The van der Waals surface area contributed by atoms with E-state index in [1.165, 1.54) is 24.5 Å². The Morgan fingerprint density at radius 1 is 1.17 bits per heavy atom. The van der Waals surface area contributed by atoms with Crippen molar-refractivity contribution in [2.75, 3.05) is 4.72 Å². The zero-order chi connectivity index (χ0) is 25.2. The minimum atomic E-state index is -4.18. The van der Waals surface area contributed by atoms with E-state index in [9.17, 15) is 23.1 Å². The number of fused-ring (bicyclic) bond motifs is 1. The minimum absolute atomic E-state index is 0.00276. The van der Waals surface area contributed by atoms with Gasteiger partial charge in [0.05, 0.1) is 27.5 Å². The summed E-state index contributed by atoms with van der Waals surface area (Å²) in [7, 11) is -4.18. The fourth-order valence-electron chi connectivity index (χ4n) is 3.31. The highest BCUT2D eigenvalue weighted by Gasteiger charge is 2.26. The lowest BCUT2D eigenvalue weighted by Crippen LogP contribution is -2.42. The van der Waals surface area contributed by atoms with Gasteiger partial charge < -0.3 is 10.4 Å². The van der Waals surface area contributed by atoms with Gasteiger partial charge in [-0.3, -0.25) is 9.52 Å². The fraction of sp³-hybridized carbons (Fsp3) is 0.0909. The molecule has 4 aromatic rings. The van der Waals surface area contributed by atoms with Crippen molar-refractivity contribution in [3.05, 3.63) is 80.1 Å². The molecule has 35 heavy (non-hydrogen) atoms. The summed E-state index contributed by atoms with van der Waals surface area (Å²) in [4.78, 5) is 29.0. The van der Waals surface area contributed by atoms with Crippen LogP contribution >= 0.6 is 50.1 Å². The van der Waals surface area contributed by atoms with E-state index in [0.29, 0.717) is 19.2 Å². The van der Waals surface area contributed by atoms with Gasteiger partial charge in [-0.2, -0.15) is 12.8 Å². The Hall–Kier alpha value is -2.62. The molecule has 1 amide bonds. The van der Waals surface area contributed by atoms with Gasteiger partial charge in [0.1, 0.15) is 6.04 Å². The van der Waals surface area contributed by atoms with E-state index >= 15 is 0 Å². The number of aromatic nitrogens is 2.